The molecule has 0 saturated heterocycles. The number of aromatic nitrogens is 4. The number of aryl methyl sites for hydroxylation is 3. The number of thiophene rings is 1. The molecule has 1 aliphatic carbocycles. The van der Waals surface area contributed by atoms with E-state index in [1.54, 1.807) is 7.05 Å². The minimum atomic E-state index is -0.172. The van der Waals surface area contributed by atoms with Gasteiger partial charge in [0.05, 0.1) is 11.3 Å². The first-order valence-corrected chi connectivity index (χ1v) is 11.2. The van der Waals surface area contributed by atoms with Crippen LogP contribution in [0.25, 0.3) is 0 Å². The Morgan fingerprint density at radius 1 is 1.21 bits per heavy atom. The van der Waals surface area contributed by atoms with Crippen LogP contribution in [0.15, 0.2) is 29.4 Å². The largest absolute Gasteiger partial charge is 0.316 e. The van der Waals surface area contributed by atoms with Crippen molar-refractivity contribution in [3.05, 3.63) is 51.4 Å². The summed E-state index contributed by atoms with van der Waals surface area (Å²) in [6, 6.07) is 7.59. The van der Waals surface area contributed by atoms with Crippen LogP contribution < -0.4 is 5.32 Å². The van der Waals surface area contributed by atoms with E-state index >= 15 is 0 Å². The fourth-order valence-corrected chi connectivity index (χ4v) is 5.33. The molecule has 2 heterocycles. The lowest BCUT2D eigenvalue weighted by molar-refractivity contribution is -0.113. The third-order valence-electron chi connectivity index (χ3n) is 4.88. The Morgan fingerprint density at radius 2 is 1.97 bits per heavy atom. The zero-order valence-electron chi connectivity index (χ0n) is 16.3. The Bertz CT molecular complexity index is 1060. The Hall–Kier alpha value is -2.52. The molecule has 0 saturated carbocycles. The lowest BCUT2D eigenvalue weighted by atomic mass is 9.91. The van der Waals surface area contributed by atoms with Gasteiger partial charge in [-0.05, 0) is 48.6 Å². The van der Waals surface area contributed by atoms with Crippen molar-refractivity contribution in [1.29, 1.82) is 0 Å². The molecular formula is C20H21N5O2S2. The van der Waals surface area contributed by atoms with E-state index in [0.29, 0.717) is 21.3 Å². The molecule has 0 atom stereocenters. The predicted molar refractivity (Wildman–Crippen MR) is 114 cm³/mol. The first-order chi connectivity index (χ1) is 14.0. The van der Waals surface area contributed by atoms with Gasteiger partial charge < -0.3 is 5.32 Å². The van der Waals surface area contributed by atoms with Crippen LogP contribution in [-0.2, 0) is 24.7 Å². The number of nitrogens with one attached hydrogen (secondary N) is 1. The fraction of sp³-hybridized carbons (Fsp3) is 0.350. The molecule has 1 N–H and O–H groups in total. The average molecular weight is 428 g/mol. The Kier molecular flexibility index (Phi) is 5.77. The highest BCUT2D eigenvalue weighted by molar-refractivity contribution is 7.99. The van der Waals surface area contributed by atoms with Gasteiger partial charge in [0.2, 0.25) is 11.1 Å². The van der Waals surface area contributed by atoms with Gasteiger partial charge >= 0.3 is 0 Å². The third kappa shape index (κ3) is 4.25. The molecule has 0 fully saturated rings. The Labute approximate surface area is 176 Å². The van der Waals surface area contributed by atoms with Crippen LogP contribution in [-0.4, -0.2) is 37.7 Å². The fourth-order valence-electron chi connectivity index (χ4n) is 3.38. The maximum Gasteiger partial charge on any atom is 0.235 e. The van der Waals surface area contributed by atoms with Crippen LogP contribution in [0.1, 0.15) is 44.8 Å². The monoisotopic (exact) mass is 427 g/mol. The summed E-state index contributed by atoms with van der Waals surface area (Å²) in [4.78, 5) is 27.1. The van der Waals surface area contributed by atoms with Crippen molar-refractivity contribution in [2.24, 2.45) is 7.05 Å². The highest BCUT2D eigenvalue weighted by atomic mass is 32.2. The van der Waals surface area contributed by atoms with Gasteiger partial charge in [-0.2, -0.15) is 0 Å². The van der Waals surface area contributed by atoms with Crippen molar-refractivity contribution in [2.75, 3.05) is 11.1 Å². The van der Waals surface area contributed by atoms with E-state index in [1.165, 1.54) is 32.7 Å². The normalized spacial score (nSPS) is 13.2. The van der Waals surface area contributed by atoms with Gasteiger partial charge in [-0.15, -0.1) is 16.4 Å². The SMILES string of the molecule is Cc1ccc(C(=O)c2c(NC(=O)CSc3nnnn3C)sc3c2CCCC3)cc1. The van der Waals surface area contributed by atoms with Crippen molar-refractivity contribution in [1.82, 2.24) is 20.2 Å². The summed E-state index contributed by atoms with van der Waals surface area (Å²) < 4.78 is 1.52. The number of thioether (sulfide) groups is 1. The van der Waals surface area contributed by atoms with Crippen LogP contribution in [0.2, 0.25) is 0 Å². The number of benzene rings is 1. The van der Waals surface area contributed by atoms with E-state index in [4.69, 9.17) is 0 Å². The number of carbonyl (C=O) groups excluding carboxylic acids is 2. The molecule has 7 nitrogen and oxygen atoms in total. The number of hydrogen-bond donors (Lipinski definition) is 1. The summed E-state index contributed by atoms with van der Waals surface area (Å²) in [5.41, 5.74) is 3.52. The van der Waals surface area contributed by atoms with Crippen LogP contribution >= 0.6 is 23.1 Å². The summed E-state index contributed by atoms with van der Waals surface area (Å²) in [7, 11) is 1.73. The van der Waals surface area contributed by atoms with Crippen molar-refractivity contribution in [3.63, 3.8) is 0 Å². The van der Waals surface area contributed by atoms with Crippen LogP contribution in [0.5, 0.6) is 0 Å². The molecule has 1 amide bonds. The van der Waals surface area contributed by atoms with Gasteiger partial charge in [-0.3, -0.25) is 9.59 Å². The molecule has 0 bridgehead atoms. The molecule has 9 heteroatoms. The Balaban J connectivity index is 1.58. The van der Waals surface area contributed by atoms with Crippen LogP contribution in [0.4, 0.5) is 5.00 Å². The van der Waals surface area contributed by atoms with Gasteiger partial charge in [-0.25, -0.2) is 4.68 Å². The average Bonchev–Trinajstić information content (AvgIpc) is 3.29. The minimum Gasteiger partial charge on any atom is -0.316 e. The molecule has 0 spiro atoms. The number of carbonyl (C=O) groups is 2. The van der Waals surface area contributed by atoms with Crippen molar-refractivity contribution in [2.45, 2.75) is 37.8 Å². The molecule has 1 aliphatic rings. The second kappa shape index (κ2) is 8.46. The smallest absolute Gasteiger partial charge is 0.235 e. The van der Waals surface area contributed by atoms with Gasteiger partial charge in [0.15, 0.2) is 5.78 Å². The van der Waals surface area contributed by atoms with Crippen LogP contribution in [0, 0.1) is 6.92 Å². The van der Waals surface area contributed by atoms with Gasteiger partial charge in [-0.1, -0.05) is 41.6 Å². The molecule has 2 aromatic heterocycles. The molecule has 0 aliphatic heterocycles. The molecule has 0 unspecified atom stereocenters. The van der Waals surface area contributed by atoms with Crippen molar-refractivity contribution < 1.29 is 9.59 Å². The zero-order chi connectivity index (χ0) is 20.4. The number of hydrogen-bond acceptors (Lipinski definition) is 7. The molecule has 150 valence electrons. The van der Waals surface area contributed by atoms with Gasteiger partial charge in [0, 0.05) is 17.5 Å². The maximum absolute atomic E-state index is 13.3. The molecule has 4 rings (SSSR count). The predicted octanol–water partition coefficient (Wildman–Crippen LogP) is 3.42. The van der Waals surface area contributed by atoms with Gasteiger partial charge in [0.1, 0.15) is 5.00 Å². The van der Waals surface area contributed by atoms with E-state index in [2.05, 4.69) is 20.8 Å². The highest BCUT2D eigenvalue weighted by Gasteiger charge is 2.27. The molecule has 0 radical (unpaired) electrons. The lowest BCUT2D eigenvalue weighted by Gasteiger charge is -2.13. The van der Waals surface area contributed by atoms with E-state index in [1.807, 2.05) is 31.2 Å². The summed E-state index contributed by atoms with van der Waals surface area (Å²) >= 11 is 2.80. The topological polar surface area (TPSA) is 89.8 Å². The number of tetrazole rings is 1. The minimum absolute atomic E-state index is 0.0233. The van der Waals surface area contributed by atoms with Crippen LogP contribution in [0.3, 0.4) is 0 Å². The number of nitrogens with zero attached hydrogens (tertiary/aromatic N) is 4. The second-order valence-corrected chi connectivity index (χ2v) is 9.08. The molecule has 3 aromatic rings. The summed E-state index contributed by atoms with van der Waals surface area (Å²) in [5, 5.41) is 15.4. The number of rotatable bonds is 6. The molecular weight excluding hydrogens is 406 g/mol. The number of amides is 1. The third-order valence-corrected chi connectivity index (χ3v) is 7.10. The van der Waals surface area contributed by atoms with E-state index in [0.717, 1.165) is 36.8 Å². The second-order valence-electron chi connectivity index (χ2n) is 7.03. The first-order valence-electron chi connectivity index (χ1n) is 9.44. The van der Waals surface area contributed by atoms with Gasteiger partial charge in [0.25, 0.3) is 0 Å². The summed E-state index contributed by atoms with van der Waals surface area (Å²) in [6.07, 6.45) is 4.03. The zero-order valence-corrected chi connectivity index (χ0v) is 17.9. The first kappa shape index (κ1) is 19.8. The molecule has 29 heavy (non-hydrogen) atoms. The van der Waals surface area contributed by atoms with E-state index in [-0.39, 0.29) is 17.4 Å². The van der Waals surface area contributed by atoms with E-state index in [9.17, 15) is 9.59 Å². The van der Waals surface area contributed by atoms with Crippen molar-refractivity contribution >= 4 is 39.8 Å². The quantitative estimate of drug-likeness (QED) is 0.479. The number of fused-ring (bicyclic) bond motifs is 1. The maximum atomic E-state index is 13.3. The number of anilines is 1. The summed E-state index contributed by atoms with van der Waals surface area (Å²) in [5.74, 6) is -0.0195. The van der Waals surface area contributed by atoms with E-state index < -0.39 is 0 Å². The standard InChI is InChI=1S/C20H21N5O2S2/c1-12-7-9-13(10-8-12)18(27)17-14-5-3-4-6-15(14)29-19(17)21-16(26)11-28-20-22-23-24-25(20)2/h7-10H,3-6,11H2,1-2H3,(H,21,26). The lowest BCUT2D eigenvalue weighted by Crippen LogP contribution is -2.16. The number of ketones is 1. The highest BCUT2D eigenvalue weighted by Crippen LogP contribution is 2.39. The molecule has 1 aromatic carbocycles. The van der Waals surface area contributed by atoms with Crippen molar-refractivity contribution in [3.8, 4) is 0 Å². The summed E-state index contributed by atoms with van der Waals surface area (Å²) in [6.45, 7) is 2.00. The Morgan fingerprint density at radius 3 is 2.69 bits per heavy atom.